The molecule has 0 aliphatic carbocycles. The number of alkyl halides is 3. The highest BCUT2D eigenvalue weighted by molar-refractivity contribution is 6.04. The number of carbonyl (C=O) groups is 1. The van der Waals surface area contributed by atoms with E-state index in [0.29, 0.717) is 5.69 Å². The number of hydrogen-bond donors (Lipinski definition) is 2. The SMILES string of the molecule is CC(NC(=O)c1c(N)nn2cccnc12)c1cc2cccc(C(F)(F)F)c2c(=O)n1-c1ccccc1. The summed E-state index contributed by atoms with van der Waals surface area (Å²) in [5.41, 5.74) is 5.02. The molecular formula is C25H19F3N6O2. The lowest BCUT2D eigenvalue weighted by molar-refractivity contribution is -0.136. The van der Waals surface area contributed by atoms with E-state index in [4.69, 9.17) is 5.73 Å². The fourth-order valence-electron chi connectivity index (χ4n) is 4.24. The second kappa shape index (κ2) is 8.52. The highest BCUT2D eigenvalue weighted by atomic mass is 19.4. The Kier molecular flexibility index (Phi) is 5.47. The van der Waals surface area contributed by atoms with Crippen molar-refractivity contribution in [3.8, 4) is 5.69 Å². The van der Waals surface area contributed by atoms with Crippen LogP contribution in [0.15, 0.2) is 77.9 Å². The molecule has 5 rings (SSSR count). The van der Waals surface area contributed by atoms with Crippen LogP contribution < -0.4 is 16.6 Å². The molecule has 182 valence electrons. The van der Waals surface area contributed by atoms with Crippen molar-refractivity contribution in [3.63, 3.8) is 0 Å². The first-order valence-electron chi connectivity index (χ1n) is 10.9. The molecule has 2 aromatic carbocycles. The second-order valence-electron chi connectivity index (χ2n) is 8.16. The van der Waals surface area contributed by atoms with Gasteiger partial charge in [0.1, 0.15) is 5.56 Å². The van der Waals surface area contributed by atoms with Crippen LogP contribution in [0.5, 0.6) is 0 Å². The molecule has 0 aliphatic heterocycles. The smallest absolute Gasteiger partial charge is 0.381 e. The largest absolute Gasteiger partial charge is 0.417 e. The molecule has 0 saturated carbocycles. The van der Waals surface area contributed by atoms with Crippen molar-refractivity contribution in [3.05, 3.63) is 100 Å². The van der Waals surface area contributed by atoms with E-state index >= 15 is 0 Å². The number of nitrogens with one attached hydrogen (secondary N) is 1. The molecule has 1 amide bonds. The number of hydrogen-bond acceptors (Lipinski definition) is 5. The third-order valence-corrected chi connectivity index (χ3v) is 5.84. The summed E-state index contributed by atoms with van der Waals surface area (Å²) in [4.78, 5) is 30.9. The summed E-state index contributed by atoms with van der Waals surface area (Å²) in [6, 6.07) is 14.1. The van der Waals surface area contributed by atoms with Crippen molar-refractivity contribution >= 4 is 28.1 Å². The zero-order valence-electron chi connectivity index (χ0n) is 18.8. The van der Waals surface area contributed by atoms with Crippen LogP contribution in [0, 0.1) is 0 Å². The number of anilines is 1. The van der Waals surface area contributed by atoms with E-state index in [1.165, 1.54) is 33.5 Å². The maximum absolute atomic E-state index is 13.8. The van der Waals surface area contributed by atoms with Crippen molar-refractivity contribution in [1.29, 1.82) is 0 Å². The highest BCUT2D eigenvalue weighted by Gasteiger charge is 2.34. The van der Waals surface area contributed by atoms with Crippen LogP contribution in [0.1, 0.15) is 34.6 Å². The lowest BCUT2D eigenvalue weighted by Gasteiger charge is -2.22. The Hall–Kier alpha value is -4.67. The molecular weight excluding hydrogens is 473 g/mol. The molecule has 1 unspecified atom stereocenters. The number of nitrogen functional groups attached to an aromatic ring is 1. The van der Waals surface area contributed by atoms with Gasteiger partial charge in [-0.15, -0.1) is 5.10 Å². The quantitative estimate of drug-likeness (QED) is 0.392. The van der Waals surface area contributed by atoms with Gasteiger partial charge in [0.05, 0.1) is 17.0 Å². The van der Waals surface area contributed by atoms with E-state index in [1.807, 2.05) is 0 Å². The van der Waals surface area contributed by atoms with Gasteiger partial charge in [0.15, 0.2) is 11.5 Å². The number of rotatable bonds is 4. The standard InChI is InChI=1S/C25H19F3N6O2/c1-14(31-23(35)20-21(29)32-33-12-6-11-30-22(20)33)18-13-15-7-5-10-17(25(26,27)28)19(15)24(36)34(18)16-8-3-2-4-9-16/h2-14H,1H3,(H2,29,32)(H,31,35). The van der Waals surface area contributed by atoms with Gasteiger partial charge < -0.3 is 11.1 Å². The summed E-state index contributed by atoms with van der Waals surface area (Å²) in [5.74, 6) is -0.628. The lowest BCUT2D eigenvalue weighted by atomic mass is 10.0. The summed E-state index contributed by atoms with van der Waals surface area (Å²) in [6.45, 7) is 1.63. The summed E-state index contributed by atoms with van der Waals surface area (Å²) in [6.07, 6.45) is -1.64. The molecule has 0 fully saturated rings. The van der Waals surface area contributed by atoms with Crippen LogP contribution in [-0.4, -0.2) is 25.1 Å². The van der Waals surface area contributed by atoms with E-state index in [1.54, 1.807) is 49.5 Å². The van der Waals surface area contributed by atoms with Crippen molar-refractivity contribution in [2.45, 2.75) is 19.1 Å². The molecule has 3 N–H and O–H groups in total. The Bertz CT molecular complexity index is 1680. The van der Waals surface area contributed by atoms with Crippen LogP contribution in [0.2, 0.25) is 0 Å². The monoisotopic (exact) mass is 492 g/mol. The number of nitrogens with two attached hydrogens (primary N) is 1. The molecule has 11 heteroatoms. The molecule has 0 spiro atoms. The van der Waals surface area contributed by atoms with Crippen molar-refractivity contribution in [2.24, 2.45) is 0 Å². The van der Waals surface area contributed by atoms with Crippen molar-refractivity contribution < 1.29 is 18.0 Å². The van der Waals surface area contributed by atoms with Gasteiger partial charge in [0, 0.05) is 23.8 Å². The third kappa shape index (κ3) is 3.84. The number of pyridine rings is 1. The van der Waals surface area contributed by atoms with Crippen LogP contribution in [-0.2, 0) is 6.18 Å². The maximum atomic E-state index is 13.8. The Morgan fingerprint density at radius 3 is 2.56 bits per heavy atom. The van der Waals surface area contributed by atoms with Gasteiger partial charge in [0.2, 0.25) is 0 Å². The summed E-state index contributed by atoms with van der Waals surface area (Å²) in [5, 5.41) is 6.52. The number of aromatic nitrogens is 4. The number of nitrogens with zero attached hydrogens (tertiary/aromatic N) is 4. The topological polar surface area (TPSA) is 107 Å². The normalized spacial score (nSPS) is 12.7. The number of amides is 1. The van der Waals surface area contributed by atoms with Gasteiger partial charge in [-0.1, -0.05) is 30.3 Å². The fraction of sp³-hybridized carbons (Fsp3) is 0.120. The predicted molar refractivity (Wildman–Crippen MR) is 128 cm³/mol. The molecule has 36 heavy (non-hydrogen) atoms. The molecule has 0 aliphatic rings. The van der Waals surface area contributed by atoms with Gasteiger partial charge in [-0.2, -0.15) is 13.2 Å². The lowest BCUT2D eigenvalue weighted by Crippen LogP contribution is -2.33. The average molecular weight is 492 g/mol. The average Bonchev–Trinajstić information content (AvgIpc) is 3.19. The zero-order chi connectivity index (χ0) is 25.6. The zero-order valence-corrected chi connectivity index (χ0v) is 18.8. The molecule has 0 radical (unpaired) electrons. The minimum atomic E-state index is -4.72. The highest BCUT2D eigenvalue weighted by Crippen LogP contribution is 2.34. The Morgan fingerprint density at radius 1 is 1.08 bits per heavy atom. The van der Waals surface area contributed by atoms with Gasteiger partial charge in [-0.05, 0) is 42.6 Å². The molecule has 0 saturated heterocycles. The van der Waals surface area contributed by atoms with Gasteiger partial charge in [0.25, 0.3) is 11.5 Å². The number of halogens is 3. The molecule has 8 nitrogen and oxygen atoms in total. The first-order valence-corrected chi connectivity index (χ1v) is 10.9. The second-order valence-corrected chi connectivity index (χ2v) is 8.16. The minimum Gasteiger partial charge on any atom is -0.381 e. The third-order valence-electron chi connectivity index (χ3n) is 5.84. The first-order chi connectivity index (χ1) is 17.2. The van der Waals surface area contributed by atoms with E-state index in [9.17, 15) is 22.8 Å². The number of fused-ring (bicyclic) bond motifs is 2. The first kappa shape index (κ1) is 23.1. The summed E-state index contributed by atoms with van der Waals surface area (Å²) >= 11 is 0. The molecule has 3 aromatic heterocycles. The van der Waals surface area contributed by atoms with Crippen LogP contribution in [0.25, 0.3) is 22.1 Å². The van der Waals surface area contributed by atoms with E-state index in [-0.39, 0.29) is 28.1 Å². The van der Waals surface area contributed by atoms with Crippen LogP contribution in [0.3, 0.4) is 0 Å². The maximum Gasteiger partial charge on any atom is 0.417 e. The van der Waals surface area contributed by atoms with E-state index in [0.717, 1.165) is 6.07 Å². The predicted octanol–water partition coefficient (Wildman–Crippen LogP) is 4.13. The van der Waals surface area contributed by atoms with Gasteiger partial charge >= 0.3 is 6.18 Å². The van der Waals surface area contributed by atoms with Crippen molar-refractivity contribution in [2.75, 3.05) is 5.73 Å². The van der Waals surface area contributed by atoms with Crippen LogP contribution >= 0.6 is 0 Å². The Labute approximate surface area is 201 Å². The van der Waals surface area contributed by atoms with Gasteiger partial charge in [-0.3, -0.25) is 14.2 Å². The summed E-state index contributed by atoms with van der Waals surface area (Å²) in [7, 11) is 0. The van der Waals surface area contributed by atoms with Crippen molar-refractivity contribution in [1.82, 2.24) is 24.5 Å². The fourth-order valence-corrected chi connectivity index (χ4v) is 4.24. The Balaban J connectivity index is 1.67. The van der Waals surface area contributed by atoms with E-state index < -0.39 is 34.6 Å². The number of para-hydroxylation sites is 1. The number of benzene rings is 2. The van der Waals surface area contributed by atoms with Gasteiger partial charge in [-0.25, -0.2) is 9.50 Å². The Morgan fingerprint density at radius 2 is 1.83 bits per heavy atom. The molecule has 5 aromatic rings. The minimum absolute atomic E-state index is 0.0350. The summed E-state index contributed by atoms with van der Waals surface area (Å²) < 4.78 is 43.8. The number of carbonyl (C=O) groups excluding carboxylic acids is 1. The molecule has 3 heterocycles. The van der Waals surface area contributed by atoms with E-state index in [2.05, 4.69) is 15.4 Å². The molecule has 1 atom stereocenters. The molecule has 0 bridgehead atoms. The van der Waals surface area contributed by atoms with Crippen LogP contribution in [0.4, 0.5) is 19.0 Å².